The predicted octanol–water partition coefficient (Wildman–Crippen LogP) is 2.84. The van der Waals surface area contributed by atoms with Gasteiger partial charge < -0.3 is 5.73 Å². The van der Waals surface area contributed by atoms with Crippen LogP contribution in [0.2, 0.25) is 5.02 Å². The Bertz CT molecular complexity index is 728. The number of aryl methyl sites for hydroxylation is 1. The maximum Gasteiger partial charge on any atom is 0.139 e. The Labute approximate surface area is 115 Å². The standard InChI is InChI=1S/C13H14ClN5/c1-2-5-18-7-9(6-16-18)12-13(15)19-8-10(14)3-4-11(19)17-12/h3-4,6-8H,2,5,15H2,1H3. The van der Waals surface area contributed by atoms with Gasteiger partial charge in [-0.25, -0.2) is 4.98 Å². The van der Waals surface area contributed by atoms with Crippen LogP contribution >= 0.6 is 11.6 Å². The van der Waals surface area contributed by atoms with Gasteiger partial charge in [-0.15, -0.1) is 0 Å². The van der Waals surface area contributed by atoms with Crippen molar-refractivity contribution in [2.45, 2.75) is 19.9 Å². The van der Waals surface area contributed by atoms with Gasteiger partial charge in [0.15, 0.2) is 0 Å². The molecule has 0 aromatic carbocycles. The minimum absolute atomic E-state index is 0.577. The number of nitrogens with two attached hydrogens (primary N) is 1. The molecule has 0 aliphatic carbocycles. The molecule has 3 heterocycles. The smallest absolute Gasteiger partial charge is 0.139 e. The summed E-state index contributed by atoms with van der Waals surface area (Å²) in [6, 6.07) is 3.65. The van der Waals surface area contributed by atoms with Crippen molar-refractivity contribution in [2.24, 2.45) is 0 Å². The van der Waals surface area contributed by atoms with Gasteiger partial charge in [-0.3, -0.25) is 9.08 Å². The monoisotopic (exact) mass is 275 g/mol. The van der Waals surface area contributed by atoms with Crippen LogP contribution in [-0.4, -0.2) is 19.2 Å². The number of imidazole rings is 1. The maximum absolute atomic E-state index is 6.13. The fourth-order valence-corrected chi connectivity index (χ4v) is 2.25. The van der Waals surface area contributed by atoms with Crippen molar-refractivity contribution in [1.82, 2.24) is 19.2 Å². The van der Waals surface area contributed by atoms with Gasteiger partial charge in [0.05, 0.1) is 11.2 Å². The third-order valence-electron chi connectivity index (χ3n) is 2.98. The van der Waals surface area contributed by atoms with Crippen LogP contribution < -0.4 is 5.73 Å². The molecule has 0 spiro atoms. The summed E-state index contributed by atoms with van der Waals surface area (Å²) in [6.07, 6.45) is 6.55. The largest absolute Gasteiger partial charge is 0.383 e. The number of hydrogen-bond acceptors (Lipinski definition) is 3. The van der Waals surface area contributed by atoms with E-state index in [2.05, 4.69) is 17.0 Å². The average molecular weight is 276 g/mol. The first-order valence-electron chi connectivity index (χ1n) is 6.15. The Kier molecular flexibility index (Phi) is 2.91. The molecule has 0 bridgehead atoms. The van der Waals surface area contributed by atoms with Crippen molar-refractivity contribution >= 4 is 23.1 Å². The third kappa shape index (κ3) is 2.06. The van der Waals surface area contributed by atoms with Crippen LogP contribution in [0.5, 0.6) is 0 Å². The lowest BCUT2D eigenvalue weighted by Crippen LogP contribution is -1.95. The van der Waals surface area contributed by atoms with Crippen molar-refractivity contribution in [3.63, 3.8) is 0 Å². The van der Waals surface area contributed by atoms with Crippen LogP contribution in [-0.2, 0) is 6.54 Å². The number of nitrogen functional groups attached to an aromatic ring is 1. The lowest BCUT2D eigenvalue weighted by atomic mass is 10.2. The second kappa shape index (κ2) is 4.59. The number of hydrogen-bond donors (Lipinski definition) is 1. The van der Waals surface area contributed by atoms with E-state index in [4.69, 9.17) is 17.3 Å². The molecule has 2 N–H and O–H groups in total. The summed E-state index contributed by atoms with van der Waals surface area (Å²) in [7, 11) is 0. The van der Waals surface area contributed by atoms with Crippen LogP contribution in [0.1, 0.15) is 13.3 Å². The summed E-state index contributed by atoms with van der Waals surface area (Å²) in [5, 5.41) is 4.93. The van der Waals surface area contributed by atoms with E-state index < -0.39 is 0 Å². The molecule has 0 unspecified atom stereocenters. The van der Waals surface area contributed by atoms with E-state index in [1.165, 1.54) is 0 Å². The van der Waals surface area contributed by atoms with E-state index in [0.29, 0.717) is 10.8 Å². The topological polar surface area (TPSA) is 61.1 Å². The molecule has 5 nitrogen and oxygen atoms in total. The van der Waals surface area contributed by atoms with Gasteiger partial charge >= 0.3 is 0 Å². The Hall–Kier alpha value is -2.01. The van der Waals surface area contributed by atoms with Crippen LogP contribution in [0.25, 0.3) is 16.9 Å². The number of nitrogens with zero attached hydrogens (tertiary/aromatic N) is 4. The van der Waals surface area contributed by atoms with Gasteiger partial charge in [0.1, 0.15) is 17.2 Å². The molecule has 19 heavy (non-hydrogen) atoms. The lowest BCUT2D eigenvalue weighted by Gasteiger charge is -1.97. The molecule has 3 aromatic heterocycles. The molecule has 0 atom stereocenters. The zero-order valence-electron chi connectivity index (χ0n) is 10.5. The van der Waals surface area contributed by atoms with Gasteiger partial charge in [-0.2, -0.15) is 5.10 Å². The van der Waals surface area contributed by atoms with E-state index in [1.807, 2.05) is 16.9 Å². The summed E-state index contributed by atoms with van der Waals surface area (Å²) in [4.78, 5) is 4.52. The molecule has 0 radical (unpaired) electrons. The lowest BCUT2D eigenvalue weighted by molar-refractivity contribution is 0.603. The molecule has 6 heteroatoms. The molecule has 0 amide bonds. The number of rotatable bonds is 3. The highest BCUT2D eigenvalue weighted by molar-refractivity contribution is 6.30. The Balaban J connectivity index is 2.11. The van der Waals surface area contributed by atoms with Crippen molar-refractivity contribution in [3.8, 4) is 11.3 Å². The molecule has 0 saturated carbocycles. The fourth-order valence-electron chi connectivity index (χ4n) is 2.09. The fraction of sp³-hybridized carbons (Fsp3) is 0.231. The zero-order valence-corrected chi connectivity index (χ0v) is 11.3. The Morgan fingerprint density at radius 2 is 2.16 bits per heavy atom. The minimum Gasteiger partial charge on any atom is -0.383 e. The van der Waals surface area contributed by atoms with Gasteiger partial charge in [0, 0.05) is 24.5 Å². The first-order valence-corrected chi connectivity index (χ1v) is 6.52. The zero-order chi connectivity index (χ0) is 13.4. The summed E-state index contributed by atoms with van der Waals surface area (Å²) < 4.78 is 3.68. The molecule has 3 aromatic rings. The SMILES string of the molecule is CCCn1cc(-c2nc3ccc(Cl)cn3c2N)cn1. The highest BCUT2D eigenvalue weighted by atomic mass is 35.5. The second-order valence-corrected chi connectivity index (χ2v) is 4.85. The number of pyridine rings is 1. The molecule has 0 aliphatic heterocycles. The first-order chi connectivity index (χ1) is 9.19. The highest BCUT2D eigenvalue weighted by Gasteiger charge is 2.13. The highest BCUT2D eigenvalue weighted by Crippen LogP contribution is 2.27. The van der Waals surface area contributed by atoms with Crippen molar-refractivity contribution in [1.29, 1.82) is 0 Å². The molecular weight excluding hydrogens is 262 g/mol. The first kappa shape index (κ1) is 12.0. The van der Waals surface area contributed by atoms with Gasteiger partial charge in [-0.1, -0.05) is 18.5 Å². The molecule has 0 fully saturated rings. The van der Waals surface area contributed by atoms with E-state index in [1.54, 1.807) is 22.9 Å². The van der Waals surface area contributed by atoms with Crippen LogP contribution in [0.3, 0.4) is 0 Å². The number of fused-ring (bicyclic) bond motifs is 1. The van der Waals surface area contributed by atoms with Crippen molar-refractivity contribution in [3.05, 3.63) is 35.7 Å². The van der Waals surface area contributed by atoms with Crippen molar-refractivity contribution < 1.29 is 0 Å². The summed E-state index contributed by atoms with van der Waals surface area (Å²) in [6.45, 7) is 3.00. The molecular formula is C13H14ClN5. The average Bonchev–Trinajstić information content (AvgIpc) is 2.96. The molecule has 98 valence electrons. The molecule has 3 rings (SSSR count). The molecule has 0 aliphatic rings. The number of anilines is 1. The minimum atomic E-state index is 0.577. The van der Waals surface area contributed by atoms with E-state index in [9.17, 15) is 0 Å². The number of halogens is 1. The predicted molar refractivity (Wildman–Crippen MR) is 76.1 cm³/mol. The summed E-state index contributed by atoms with van der Waals surface area (Å²) >= 11 is 5.97. The van der Waals surface area contributed by atoms with Crippen LogP contribution in [0.4, 0.5) is 5.82 Å². The van der Waals surface area contributed by atoms with E-state index >= 15 is 0 Å². The van der Waals surface area contributed by atoms with Gasteiger partial charge in [0.2, 0.25) is 0 Å². The van der Waals surface area contributed by atoms with Crippen LogP contribution in [0.15, 0.2) is 30.7 Å². The second-order valence-electron chi connectivity index (χ2n) is 4.41. The Morgan fingerprint density at radius 1 is 1.32 bits per heavy atom. The Morgan fingerprint density at radius 3 is 2.95 bits per heavy atom. The summed E-state index contributed by atoms with van der Waals surface area (Å²) in [5.41, 5.74) is 8.57. The van der Waals surface area contributed by atoms with Crippen LogP contribution in [0, 0.1) is 0 Å². The molecule has 0 saturated heterocycles. The van der Waals surface area contributed by atoms with Gasteiger partial charge in [-0.05, 0) is 18.6 Å². The summed E-state index contributed by atoms with van der Waals surface area (Å²) in [5.74, 6) is 0.577. The van der Waals surface area contributed by atoms with E-state index in [0.717, 1.165) is 29.9 Å². The third-order valence-corrected chi connectivity index (χ3v) is 3.20. The van der Waals surface area contributed by atoms with Crippen molar-refractivity contribution in [2.75, 3.05) is 5.73 Å². The van der Waals surface area contributed by atoms with Gasteiger partial charge in [0.25, 0.3) is 0 Å². The normalized spacial score (nSPS) is 11.3. The maximum atomic E-state index is 6.13. The number of aromatic nitrogens is 4. The van der Waals surface area contributed by atoms with E-state index in [-0.39, 0.29) is 0 Å². The quantitative estimate of drug-likeness (QED) is 0.799.